The molecule has 0 aromatic carbocycles. The lowest BCUT2D eigenvalue weighted by atomic mass is 10.4. The third-order valence-electron chi connectivity index (χ3n) is 1.19. The first-order valence-corrected chi connectivity index (χ1v) is 5.13. The molecule has 0 aliphatic carbocycles. The predicted molar refractivity (Wildman–Crippen MR) is 61.2 cm³/mol. The normalized spacial score (nSPS) is 15.5. The molecule has 0 saturated heterocycles. The molecule has 0 bridgehead atoms. The van der Waals surface area contributed by atoms with Crippen molar-refractivity contribution in [3.63, 3.8) is 0 Å². The van der Waals surface area contributed by atoms with Crippen molar-refractivity contribution >= 4 is 11.8 Å². The van der Waals surface area contributed by atoms with Crippen molar-refractivity contribution < 1.29 is 4.74 Å². The SMILES string of the molecule is C=CC1=C(/C=C\C)SC(=C)O1.CC. The van der Waals surface area contributed by atoms with E-state index < -0.39 is 0 Å². The van der Waals surface area contributed by atoms with E-state index in [4.69, 9.17) is 4.74 Å². The number of ether oxygens (including phenoxy) is 1. The van der Waals surface area contributed by atoms with Gasteiger partial charge < -0.3 is 4.74 Å². The summed E-state index contributed by atoms with van der Waals surface area (Å²) < 4.78 is 5.25. The molecule has 0 fully saturated rings. The lowest BCUT2D eigenvalue weighted by Crippen LogP contribution is -1.76. The molecule has 0 amide bonds. The van der Waals surface area contributed by atoms with Gasteiger partial charge in [0.15, 0.2) is 5.09 Å². The lowest BCUT2D eigenvalue weighted by Gasteiger charge is -1.93. The van der Waals surface area contributed by atoms with Crippen molar-refractivity contribution in [1.29, 1.82) is 0 Å². The van der Waals surface area contributed by atoms with E-state index in [0.717, 1.165) is 10.7 Å². The number of hydrogen-bond acceptors (Lipinski definition) is 2. The van der Waals surface area contributed by atoms with E-state index >= 15 is 0 Å². The maximum atomic E-state index is 5.25. The molecule has 0 radical (unpaired) electrons. The summed E-state index contributed by atoms with van der Waals surface area (Å²) >= 11 is 1.53. The highest BCUT2D eigenvalue weighted by Gasteiger charge is 2.14. The van der Waals surface area contributed by atoms with Crippen molar-refractivity contribution in [3.05, 3.63) is 47.1 Å². The Labute approximate surface area is 84.9 Å². The van der Waals surface area contributed by atoms with E-state index in [2.05, 4.69) is 13.2 Å². The van der Waals surface area contributed by atoms with Gasteiger partial charge in [-0.2, -0.15) is 0 Å². The average Bonchev–Trinajstić information content (AvgIpc) is 2.50. The third-order valence-corrected chi connectivity index (χ3v) is 2.06. The molecular formula is C11H16OS. The van der Waals surface area contributed by atoms with E-state index in [1.807, 2.05) is 32.9 Å². The fourth-order valence-electron chi connectivity index (χ4n) is 0.776. The maximum Gasteiger partial charge on any atom is 0.158 e. The molecule has 13 heavy (non-hydrogen) atoms. The molecule has 0 aromatic rings. The van der Waals surface area contributed by atoms with Crippen LogP contribution in [0, 0.1) is 0 Å². The topological polar surface area (TPSA) is 9.23 Å². The molecule has 0 atom stereocenters. The minimum Gasteiger partial charge on any atom is -0.450 e. The summed E-state index contributed by atoms with van der Waals surface area (Å²) in [7, 11) is 0. The molecular weight excluding hydrogens is 180 g/mol. The Bertz CT molecular complexity index is 249. The predicted octanol–water partition coefficient (Wildman–Crippen LogP) is 4.22. The molecule has 0 unspecified atom stereocenters. The molecule has 1 aliphatic heterocycles. The van der Waals surface area contributed by atoms with Crippen LogP contribution in [0.3, 0.4) is 0 Å². The highest BCUT2D eigenvalue weighted by atomic mass is 32.2. The van der Waals surface area contributed by atoms with Gasteiger partial charge in [0.2, 0.25) is 0 Å². The fraction of sp³-hybridized carbons (Fsp3) is 0.273. The van der Waals surface area contributed by atoms with Gasteiger partial charge in [0.1, 0.15) is 5.76 Å². The van der Waals surface area contributed by atoms with Crippen LogP contribution in [-0.4, -0.2) is 0 Å². The van der Waals surface area contributed by atoms with E-state index in [-0.39, 0.29) is 0 Å². The summed E-state index contributed by atoms with van der Waals surface area (Å²) in [6, 6.07) is 0. The van der Waals surface area contributed by atoms with Gasteiger partial charge in [-0.05, 0) is 37.4 Å². The first-order chi connectivity index (χ1) is 6.27. The Morgan fingerprint density at radius 1 is 1.38 bits per heavy atom. The minimum atomic E-state index is 0.716. The van der Waals surface area contributed by atoms with Crippen molar-refractivity contribution in [2.24, 2.45) is 0 Å². The summed E-state index contributed by atoms with van der Waals surface area (Å²) in [6.07, 6.45) is 5.65. The van der Waals surface area contributed by atoms with Crippen LogP contribution in [0.4, 0.5) is 0 Å². The van der Waals surface area contributed by atoms with Crippen molar-refractivity contribution in [3.8, 4) is 0 Å². The highest BCUT2D eigenvalue weighted by molar-refractivity contribution is 8.06. The Balaban J connectivity index is 0.000000671. The van der Waals surface area contributed by atoms with Crippen LogP contribution in [0.25, 0.3) is 0 Å². The molecule has 0 spiro atoms. The van der Waals surface area contributed by atoms with Gasteiger partial charge in [-0.25, -0.2) is 0 Å². The molecule has 0 aromatic heterocycles. The zero-order valence-electron chi connectivity index (χ0n) is 8.46. The maximum absolute atomic E-state index is 5.25. The second kappa shape index (κ2) is 6.61. The Hall–Kier alpha value is -0.890. The van der Waals surface area contributed by atoms with Crippen LogP contribution < -0.4 is 0 Å². The summed E-state index contributed by atoms with van der Waals surface area (Å²) in [5.41, 5.74) is 0. The van der Waals surface area contributed by atoms with Gasteiger partial charge in [-0.3, -0.25) is 0 Å². The molecule has 1 aliphatic rings. The molecule has 1 heterocycles. The summed E-state index contributed by atoms with van der Waals surface area (Å²) in [4.78, 5) is 1.08. The van der Waals surface area contributed by atoms with Crippen molar-refractivity contribution in [2.75, 3.05) is 0 Å². The molecule has 1 nitrogen and oxygen atoms in total. The van der Waals surface area contributed by atoms with E-state index in [9.17, 15) is 0 Å². The first-order valence-electron chi connectivity index (χ1n) is 4.32. The number of rotatable bonds is 2. The molecule has 1 rings (SSSR count). The largest absolute Gasteiger partial charge is 0.450 e. The van der Waals surface area contributed by atoms with E-state index in [0.29, 0.717) is 5.09 Å². The van der Waals surface area contributed by atoms with Crippen molar-refractivity contribution in [1.82, 2.24) is 0 Å². The van der Waals surface area contributed by atoms with Crippen LogP contribution in [-0.2, 0) is 4.74 Å². The van der Waals surface area contributed by atoms with Crippen LogP contribution in [0.2, 0.25) is 0 Å². The smallest absolute Gasteiger partial charge is 0.158 e. The summed E-state index contributed by atoms with van der Waals surface area (Å²) in [5, 5.41) is 0.716. The summed E-state index contributed by atoms with van der Waals surface area (Å²) in [5.74, 6) is 0.804. The van der Waals surface area contributed by atoms with Gasteiger partial charge in [0, 0.05) is 0 Å². The zero-order valence-corrected chi connectivity index (χ0v) is 9.28. The van der Waals surface area contributed by atoms with Gasteiger partial charge in [0.05, 0.1) is 4.91 Å². The monoisotopic (exact) mass is 196 g/mol. The van der Waals surface area contributed by atoms with Crippen LogP contribution in [0.1, 0.15) is 20.8 Å². The number of thioether (sulfide) groups is 1. The Morgan fingerprint density at radius 3 is 2.46 bits per heavy atom. The number of allylic oxidation sites excluding steroid dienone is 3. The minimum absolute atomic E-state index is 0.716. The standard InChI is InChI=1S/C9H10OS.C2H6/c1-4-6-9-8(5-2)10-7(3)11-9;1-2/h4-6H,2-3H2,1H3;1-2H3/b6-4-;. The van der Waals surface area contributed by atoms with E-state index in [1.165, 1.54) is 11.8 Å². The first kappa shape index (κ1) is 12.1. The Morgan fingerprint density at radius 2 is 2.00 bits per heavy atom. The number of hydrogen-bond donors (Lipinski definition) is 0. The second-order valence-corrected chi connectivity index (χ2v) is 3.11. The average molecular weight is 196 g/mol. The molecule has 72 valence electrons. The van der Waals surface area contributed by atoms with Crippen molar-refractivity contribution in [2.45, 2.75) is 20.8 Å². The fourth-order valence-corrected chi connectivity index (χ4v) is 1.58. The quantitative estimate of drug-likeness (QED) is 0.654. The molecule has 2 heteroatoms. The van der Waals surface area contributed by atoms with Crippen LogP contribution >= 0.6 is 11.8 Å². The lowest BCUT2D eigenvalue weighted by molar-refractivity contribution is 0.363. The third kappa shape index (κ3) is 3.55. The van der Waals surface area contributed by atoms with Gasteiger partial charge in [0.25, 0.3) is 0 Å². The van der Waals surface area contributed by atoms with Crippen LogP contribution in [0.5, 0.6) is 0 Å². The van der Waals surface area contributed by atoms with E-state index in [1.54, 1.807) is 6.08 Å². The van der Waals surface area contributed by atoms with Gasteiger partial charge in [-0.15, -0.1) is 0 Å². The van der Waals surface area contributed by atoms with Gasteiger partial charge >= 0.3 is 0 Å². The zero-order chi connectivity index (χ0) is 10.3. The van der Waals surface area contributed by atoms with Gasteiger partial charge in [-0.1, -0.05) is 26.5 Å². The molecule has 0 saturated carbocycles. The highest BCUT2D eigenvalue weighted by Crippen LogP contribution is 2.38. The summed E-state index contributed by atoms with van der Waals surface area (Å²) in [6.45, 7) is 13.3. The van der Waals surface area contributed by atoms with Crippen LogP contribution in [0.15, 0.2) is 47.1 Å². The second-order valence-electron chi connectivity index (χ2n) is 2.01. The Kier molecular flexibility index (Phi) is 6.15. The molecule has 0 N–H and O–H groups in total.